The van der Waals surface area contributed by atoms with Gasteiger partial charge in [-0.2, -0.15) is 0 Å². The minimum atomic E-state index is -0.596. The molecule has 0 unspecified atom stereocenters. The number of rotatable bonds is 5. The highest BCUT2D eigenvalue weighted by Gasteiger charge is 2.08. The molecule has 0 bridgehead atoms. The van der Waals surface area contributed by atoms with Gasteiger partial charge in [0.25, 0.3) is 0 Å². The van der Waals surface area contributed by atoms with Gasteiger partial charge in [0.1, 0.15) is 6.61 Å². The highest BCUT2D eigenvalue weighted by Crippen LogP contribution is 2.18. The van der Waals surface area contributed by atoms with Crippen LogP contribution in [0.25, 0.3) is 0 Å². The van der Waals surface area contributed by atoms with Gasteiger partial charge >= 0.3 is 6.09 Å². The summed E-state index contributed by atoms with van der Waals surface area (Å²) in [5, 5.41) is 2.31. The summed E-state index contributed by atoms with van der Waals surface area (Å²) in [6, 6.07) is 17.0. The highest BCUT2D eigenvalue weighted by molar-refractivity contribution is 8.13. The molecule has 5 heteroatoms. The van der Waals surface area contributed by atoms with Gasteiger partial charge in [0, 0.05) is 4.90 Å². The van der Waals surface area contributed by atoms with E-state index in [1.165, 1.54) is 0 Å². The first-order chi connectivity index (χ1) is 10.6. The fraction of sp³-hybridized carbons (Fsp3) is 0.176. The van der Waals surface area contributed by atoms with Crippen LogP contribution < -0.4 is 5.32 Å². The summed E-state index contributed by atoms with van der Waals surface area (Å²) in [4.78, 5) is 24.1. The van der Waals surface area contributed by atoms with E-state index < -0.39 is 6.09 Å². The maximum atomic E-state index is 11.8. The van der Waals surface area contributed by atoms with Crippen LogP contribution in [0.5, 0.6) is 0 Å². The molecule has 0 fully saturated rings. The smallest absolute Gasteiger partial charge is 0.407 e. The van der Waals surface area contributed by atoms with Crippen LogP contribution in [0.2, 0.25) is 0 Å². The Kier molecular flexibility index (Phi) is 6.03. The molecular formula is C17H17NO3S. The third kappa shape index (κ3) is 5.61. The molecule has 0 saturated carbocycles. The van der Waals surface area contributed by atoms with E-state index in [1.54, 1.807) is 0 Å². The molecule has 0 spiro atoms. The topological polar surface area (TPSA) is 55.4 Å². The van der Waals surface area contributed by atoms with Gasteiger partial charge in [0.15, 0.2) is 0 Å². The van der Waals surface area contributed by atoms with Gasteiger partial charge in [0.05, 0.1) is 6.54 Å². The number of hydrogen-bond donors (Lipinski definition) is 1. The van der Waals surface area contributed by atoms with E-state index >= 15 is 0 Å². The molecule has 4 nitrogen and oxygen atoms in total. The molecule has 0 aliphatic heterocycles. The van der Waals surface area contributed by atoms with Crippen LogP contribution in [-0.4, -0.2) is 17.8 Å². The van der Waals surface area contributed by atoms with E-state index in [1.807, 2.05) is 61.5 Å². The number of carbonyl (C=O) groups is 2. The van der Waals surface area contributed by atoms with Crippen LogP contribution in [-0.2, 0) is 16.1 Å². The van der Waals surface area contributed by atoms with E-state index in [0.717, 1.165) is 27.8 Å². The first kappa shape index (κ1) is 16.1. The van der Waals surface area contributed by atoms with Gasteiger partial charge in [-0.1, -0.05) is 59.8 Å². The Morgan fingerprint density at radius 3 is 2.41 bits per heavy atom. The number of thioether (sulfide) groups is 1. The predicted molar refractivity (Wildman–Crippen MR) is 86.7 cm³/mol. The number of nitrogens with one attached hydrogen (secondary N) is 1. The fourth-order valence-corrected chi connectivity index (χ4v) is 2.37. The summed E-state index contributed by atoms with van der Waals surface area (Å²) in [5.41, 5.74) is 2.04. The van der Waals surface area contributed by atoms with Crippen LogP contribution >= 0.6 is 11.8 Å². The van der Waals surface area contributed by atoms with E-state index in [-0.39, 0.29) is 18.3 Å². The van der Waals surface area contributed by atoms with Crippen molar-refractivity contribution in [1.29, 1.82) is 0 Å². The highest BCUT2D eigenvalue weighted by atomic mass is 32.2. The number of carbonyl (C=O) groups excluding carboxylic acids is 2. The Labute approximate surface area is 133 Å². The van der Waals surface area contributed by atoms with E-state index in [4.69, 9.17) is 4.74 Å². The molecule has 0 aliphatic rings. The first-order valence-corrected chi connectivity index (χ1v) is 7.67. The average Bonchev–Trinajstić information content (AvgIpc) is 2.54. The van der Waals surface area contributed by atoms with Crippen molar-refractivity contribution < 1.29 is 14.3 Å². The number of benzene rings is 2. The summed E-state index contributed by atoms with van der Waals surface area (Å²) < 4.78 is 5.03. The van der Waals surface area contributed by atoms with Crippen molar-refractivity contribution in [1.82, 2.24) is 5.32 Å². The van der Waals surface area contributed by atoms with Crippen LogP contribution in [0, 0.1) is 6.92 Å². The van der Waals surface area contributed by atoms with Crippen molar-refractivity contribution in [2.45, 2.75) is 18.4 Å². The quantitative estimate of drug-likeness (QED) is 0.858. The molecule has 0 atom stereocenters. The van der Waals surface area contributed by atoms with Crippen LogP contribution in [0.3, 0.4) is 0 Å². The van der Waals surface area contributed by atoms with Gasteiger partial charge < -0.3 is 10.1 Å². The molecule has 0 heterocycles. The monoisotopic (exact) mass is 315 g/mol. The molecule has 2 rings (SSSR count). The molecule has 0 saturated heterocycles. The Hall–Kier alpha value is -2.27. The Balaban J connectivity index is 1.69. The number of ether oxygens (including phenoxy) is 1. The number of amides is 1. The molecule has 0 radical (unpaired) electrons. The van der Waals surface area contributed by atoms with E-state index in [2.05, 4.69) is 5.32 Å². The van der Waals surface area contributed by atoms with Crippen molar-refractivity contribution in [3.8, 4) is 0 Å². The maximum absolute atomic E-state index is 11.8. The summed E-state index contributed by atoms with van der Waals surface area (Å²) in [5.74, 6) is 0. The Morgan fingerprint density at radius 1 is 1.05 bits per heavy atom. The summed E-state index contributed by atoms with van der Waals surface area (Å²) in [6.45, 7) is 2.11. The molecule has 0 aromatic heterocycles. The van der Waals surface area contributed by atoms with E-state index in [9.17, 15) is 9.59 Å². The minimum Gasteiger partial charge on any atom is -0.445 e. The third-order valence-corrected chi connectivity index (χ3v) is 3.72. The molecule has 2 aromatic carbocycles. The lowest BCUT2D eigenvalue weighted by Gasteiger charge is -2.06. The lowest BCUT2D eigenvalue weighted by Crippen LogP contribution is -2.28. The fourth-order valence-electron chi connectivity index (χ4n) is 1.69. The zero-order chi connectivity index (χ0) is 15.8. The van der Waals surface area contributed by atoms with Crippen LogP contribution in [0.15, 0.2) is 59.5 Å². The van der Waals surface area contributed by atoms with Gasteiger partial charge in [-0.3, -0.25) is 4.79 Å². The van der Waals surface area contributed by atoms with Crippen LogP contribution in [0.4, 0.5) is 4.79 Å². The van der Waals surface area contributed by atoms with E-state index in [0.29, 0.717) is 0 Å². The number of alkyl carbamates (subject to hydrolysis) is 1. The first-order valence-electron chi connectivity index (χ1n) is 6.85. The lowest BCUT2D eigenvalue weighted by molar-refractivity contribution is -0.110. The van der Waals surface area contributed by atoms with Gasteiger partial charge in [-0.25, -0.2) is 4.79 Å². The zero-order valence-electron chi connectivity index (χ0n) is 12.2. The predicted octanol–water partition coefficient (Wildman–Crippen LogP) is 3.54. The lowest BCUT2D eigenvalue weighted by atomic mass is 10.2. The number of hydrogen-bond acceptors (Lipinski definition) is 4. The maximum Gasteiger partial charge on any atom is 0.407 e. The van der Waals surface area contributed by atoms with Crippen molar-refractivity contribution >= 4 is 23.0 Å². The van der Waals surface area contributed by atoms with Gasteiger partial charge in [-0.15, -0.1) is 0 Å². The van der Waals surface area contributed by atoms with Crippen LogP contribution in [0.1, 0.15) is 11.1 Å². The zero-order valence-corrected chi connectivity index (χ0v) is 13.1. The second kappa shape index (κ2) is 8.24. The average molecular weight is 315 g/mol. The molecule has 114 valence electrons. The van der Waals surface area contributed by atoms with Crippen molar-refractivity contribution in [3.63, 3.8) is 0 Å². The molecule has 0 aliphatic carbocycles. The Morgan fingerprint density at radius 2 is 1.73 bits per heavy atom. The summed E-state index contributed by atoms with van der Waals surface area (Å²) in [6.07, 6.45) is -0.596. The summed E-state index contributed by atoms with van der Waals surface area (Å²) >= 11 is 1.10. The van der Waals surface area contributed by atoms with Gasteiger partial charge in [0.2, 0.25) is 5.12 Å². The summed E-state index contributed by atoms with van der Waals surface area (Å²) in [7, 11) is 0. The van der Waals surface area contributed by atoms with Crippen molar-refractivity contribution in [2.24, 2.45) is 0 Å². The second-order valence-electron chi connectivity index (χ2n) is 4.70. The molecule has 1 N–H and O–H groups in total. The minimum absolute atomic E-state index is 0.0633. The third-order valence-electron chi connectivity index (χ3n) is 2.84. The normalized spacial score (nSPS) is 10.0. The van der Waals surface area contributed by atoms with Gasteiger partial charge in [-0.05, 0) is 24.6 Å². The molecule has 22 heavy (non-hydrogen) atoms. The molecular weight excluding hydrogens is 298 g/mol. The molecule has 1 amide bonds. The SMILES string of the molecule is Cc1ccc(SC(=O)CNC(=O)OCc2ccccc2)cc1. The largest absolute Gasteiger partial charge is 0.445 e. The number of aryl methyl sites for hydroxylation is 1. The van der Waals surface area contributed by atoms with Crippen molar-refractivity contribution in [3.05, 3.63) is 65.7 Å². The second-order valence-corrected chi connectivity index (χ2v) is 5.83. The van der Waals surface area contributed by atoms with Crippen molar-refractivity contribution in [2.75, 3.05) is 6.54 Å². The standard InChI is InChI=1S/C17H17NO3S/c1-13-7-9-15(10-8-13)22-16(19)11-18-17(20)21-12-14-5-3-2-4-6-14/h2-10H,11-12H2,1H3,(H,18,20). The molecule has 2 aromatic rings. The Bertz CT molecular complexity index is 626.